The molecule has 0 bridgehead atoms. The van der Waals surface area contributed by atoms with Crippen molar-refractivity contribution in [2.24, 2.45) is 0 Å². The van der Waals surface area contributed by atoms with Crippen molar-refractivity contribution in [3.8, 4) is 0 Å². The number of nitrogens with zero attached hydrogens (tertiary/aromatic N) is 3. The van der Waals surface area contributed by atoms with Gasteiger partial charge in [-0.2, -0.15) is 0 Å². The van der Waals surface area contributed by atoms with E-state index in [4.69, 9.17) is 9.47 Å². The molecule has 96 valence electrons. The number of hydrogen-bond donors (Lipinski definition) is 0. The molecule has 18 heavy (non-hydrogen) atoms. The number of hydrogen-bond acceptors (Lipinski definition) is 5. The SMILES string of the molecule is O=C(c1cncnc1)N1CCC2(CC1)OCCO2. The fourth-order valence-corrected chi connectivity index (χ4v) is 2.43. The lowest BCUT2D eigenvalue weighted by atomic mass is 10.0. The predicted molar refractivity (Wildman–Crippen MR) is 61.8 cm³/mol. The van der Waals surface area contributed by atoms with E-state index in [0.29, 0.717) is 31.9 Å². The van der Waals surface area contributed by atoms with E-state index in [0.717, 1.165) is 12.8 Å². The summed E-state index contributed by atoms with van der Waals surface area (Å²) >= 11 is 0. The first-order chi connectivity index (χ1) is 8.79. The Bertz CT molecular complexity index is 421. The summed E-state index contributed by atoms with van der Waals surface area (Å²) in [7, 11) is 0. The summed E-state index contributed by atoms with van der Waals surface area (Å²) < 4.78 is 11.3. The molecular weight excluding hydrogens is 234 g/mol. The summed E-state index contributed by atoms with van der Waals surface area (Å²) in [5.41, 5.74) is 0.529. The van der Waals surface area contributed by atoms with E-state index in [-0.39, 0.29) is 5.91 Å². The molecule has 2 aliphatic rings. The monoisotopic (exact) mass is 249 g/mol. The second kappa shape index (κ2) is 4.62. The van der Waals surface area contributed by atoms with Crippen LogP contribution in [-0.2, 0) is 9.47 Å². The largest absolute Gasteiger partial charge is 0.347 e. The van der Waals surface area contributed by atoms with Crippen molar-refractivity contribution in [2.75, 3.05) is 26.3 Å². The molecule has 1 amide bonds. The van der Waals surface area contributed by atoms with Crippen molar-refractivity contribution in [3.05, 3.63) is 24.3 Å². The van der Waals surface area contributed by atoms with E-state index >= 15 is 0 Å². The highest BCUT2D eigenvalue weighted by molar-refractivity contribution is 5.93. The minimum absolute atomic E-state index is 0.0246. The molecule has 3 rings (SSSR count). The highest BCUT2D eigenvalue weighted by Gasteiger charge is 2.40. The molecule has 3 heterocycles. The number of rotatable bonds is 1. The van der Waals surface area contributed by atoms with Crippen molar-refractivity contribution in [1.82, 2.24) is 14.9 Å². The number of likely N-dealkylation sites (tertiary alicyclic amines) is 1. The van der Waals surface area contributed by atoms with Crippen molar-refractivity contribution < 1.29 is 14.3 Å². The quantitative estimate of drug-likeness (QED) is 0.723. The lowest BCUT2D eigenvalue weighted by molar-refractivity contribution is -0.181. The van der Waals surface area contributed by atoms with Crippen LogP contribution < -0.4 is 0 Å². The van der Waals surface area contributed by atoms with Crippen LogP contribution in [0.3, 0.4) is 0 Å². The first-order valence-corrected chi connectivity index (χ1v) is 6.11. The summed E-state index contributed by atoms with van der Waals surface area (Å²) in [6, 6.07) is 0. The number of amides is 1. The van der Waals surface area contributed by atoms with Gasteiger partial charge in [-0.05, 0) is 0 Å². The third kappa shape index (κ3) is 2.09. The number of carbonyl (C=O) groups is 1. The Balaban J connectivity index is 1.64. The van der Waals surface area contributed by atoms with Crippen LogP contribution in [0.1, 0.15) is 23.2 Å². The van der Waals surface area contributed by atoms with Gasteiger partial charge >= 0.3 is 0 Å². The molecule has 2 saturated heterocycles. The van der Waals surface area contributed by atoms with Crippen LogP contribution in [0.15, 0.2) is 18.7 Å². The van der Waals surface area contributed by atoms with Gasteiger partial charge in [0.1, 0.15) is 6.33 Å². The van der Waals surface area contributed by atoms with E-state index < -0.39 is 5.79 Å². The lowest BCUT2D eigenvalue weighted by Gasteiger charge is -2.37. The summed E-state index contributed by atoms with van der Waals surface area (Å²) in [5, 5.41) is 0. The Hall–Kier alpha value is -1.53. The second-order valence-electron chi connectivity index (χ2n) is 4.53. The Morgan fingerprint density at radius 3 is 2.39 bits per heavy atom. The molecule has 6 heteroatoms. The van der Waals surface area contributed by atoms with E-state index in [1.807, 2.05) is 0 Å². The Morgan fingerprint density at radius 1 is 1.17 bits per heavy atom. The van der Waals surface area contributed by atoms with Crippen LogP contribution >= 0.6 is 0 Å². The molecule has 1 aromatic rings. The van der Waals surface area contributed by atoms with Crippen LogP contribution in [0.2, 0.25) is 0 Å². The Kier molecular flexibility index (Phi) is 2.97. The fraction of sp³-hybridized carbons (Fsp3) is 0.583. The van der Waals surface area contributed by atoms with Crippen LogP contribution in [0.25, 0.3) is 0 Å². The number of ether oxygens (including phenoxy) is 2. The van der Waals surface area contributed by atoms with Gasteiger partial charge in [-0.15, -0.1) is 0 Å². The van der Waals surface area contributed by atoms with Gasteiger partial charge in [-0.3, -0.25) is 4.79 Å². The standard InChI is InChI=1S/C12H15N3O3/c16-11(10-7-13-9-14-8-10)15-3-1-12(2-4-15)17-5-6-18-12/h7-9H,1-6H2. The number of aromatic nitrogens is 2. The van der Waals surface area contributed by atoms with E-state index in [1.165, 1.54) is 6.33 Å². The first kappa shape index (κ1) is 11.6. The predicted octanol–water partition coefficient (Wildman–Crippen LogP) is 0.456. The van der Waals surface area contributed by atoms with Crippen LogP contribution in [0, 0.1) is 0 Å². The molecule has 0 N–H and O–H groups in total. The van der Waals surface area contributed by atoms with Gasteiger partial charge in [0.25, 0.3) is 5.91 Å². The van der Waals surface area contributed by atoms with Crippen molar-refractivity contribution in [3.63, 3.8) is 0 Å². The average Bonchev–Trinajstić information content (AvgIpc) is 2.88. The smallest absolute Gasteiger partial charge is 0.256 e. The van der Waals surface area contributed by atoms with Gasteiger partial charge in [-0.25, -0.2) is 9.97 Å². The van der Waals surface area contributed by atoms with Gasteiger partial charge in [0.15, 0.2) is 5.79 Å². The molecular formula is C12H15N3O3. The van der Waals surface area contributed by atoms with Crippen molar-refractivity contribution >= 4 is 5.91 Å². The zero-order valence-electron chi connectivity index (χ0n) is 10.0. The Morgan fingerprint density at radius 2 is 1.78 bits per heavy atom. The highest BCUT2D eigenvalue weighted by Crippen LogP contribution is 2.31. The molecule has 0 saturated carbocycles. The molecule has 0 aromatic carbocycles. The molecule has 0 aliphatic carbocycles. The molecule has 2 fully saturated rings. The van der Waals surface area contributed by atoms with Crippen molar-refractivity contribution in [2.45, 2.75) is 18.6 Å². The molecule has 0 radical (unpaired) electrons. The minimum atomic E-state index is -0.441. The second-order valence-corrected chi connectivity index (χ2v) is 4.53. The van der Waals surface area contributed by atoms with Gasteiger partial charge in [0.05, 0.1) is 18.8 Å². The molecule has 1 aromatic heterocycles. The van der Waals surface area contributed by atoms with Crippen LogP contribution in [0.4, 0.5) is 0 Å². The molecule has 0 atom stereocenters. The van der Waals surface area contributed by atoms with Gasteiger partial charge in [-0.1, -0.05) is 0 Å². The van der Waals surface area contributed by atoms with Gasteiger partial charge < -0.3 is 14.4 Å². The van der Waals surface area contributed by atoms with E-state index in [1.54, 1.807) is 17.3 Å². The van der Waals surface area contributed by atoms with Crippen LogP contribution in [-0.4, -0.2) is 52.9 Å². The van der Waals surface area contributed by atoms with E-state index in [9.17, 15) is 4.79 Å². The fourth-order valence-electron chi connectivity index (χ4n) is 2.43. The first-order valence-electron chi connectivity index (χ1n) is 6.11. The summed E-state index contributed by atoms with van der Waals surface area (Å²) in [6.07, 6.45) is 5.96. The number of piperidine rings is 1. The topological polar surface area (TPSA) is 64.6 Å². The van der Waals surface area contributed by atoms with Gasteiger partial charge in [0.2, 0.25) is 0 Å². The summed E-state index contributed by atoms with van der Waals surface area (Å²) in [5.74, 6) is -0.465. The average molecular weight is 249 g/mol. The van der Waals surface area contributed by atoms with Gasteiger partial charge in [0, 0.05) is 38.3 Å². The Labute approximate surface area is 105 Å². The maximum Gasteiger partial charge on any atom is 0.256 e. The van der Waals surface area contributed by atoms with E-state index in [2.05, 4.69) is 9.97 Å². The lowest BCUT2D eigenvalue weighted by Crippen LogP contribution is -2.47. The zero-order chi connectivity index (χ0) is 12.4. The molecule has 2 aliphatic heterocycles. The third-order valence-corrected chi connectivity index (χ3v) is 3.43. The molecule has 0 unspecified atom stereocenters. The number of carbonyl (C=O) groups excluding carboxylic acids is 1. The normalized spacial score (nSPS) is 22.3. The molecule has 1 spiro atoms. The minimum Gasteiger partial charge on any atom is -0.347 e. The zero-order valence-corrected chi connectivity index (χ0v) is 10.0. The summed E-state index contributed by atoms with van der Waals surface area (Å²) in [6.45, 7) is 2.60. The highest BCUT2D eigenvalue weighted by atomic mass is 16.7. The summed E-state index contributed by atoms with van der Waals surface area (Å²) in [4.78, 5) is 21.7. The van der Waals surface area contributed by atoms with Crippen molar-refractivity contribution in [1.29, 1.82) is 0 Å². The van der Waals surface area contributed by atoms with Crippen LogP contribution in [0.5, 0.6) is 0 Å². The molecule has 6 nitrogen and oxygen atoms in total. The third-order valence-electron chi connectivity index (χ3n) is 3.43. The maximum absolute atomic E-state index is 12.2. The maximum atomic E-state index is 12.2.